The van der Waals surface area contributed by atoms with Crippen LogP contribution in [0.3, 0.4) is 0 Å². The number of hydrogen-bond donors (Lipinski definition) is 1. The van der Waals surface area contributed by atoms with Crippen molar-refractivity contribution < 1.29 is 4.39 Å². The van der Waals surface area contributed by atoms with Crippen LogP contribution in [0, 0.1) is 5.82 Å². The summed E-state index contributed by atoms with van der Waals surface area (Å²) >= 11 is 3.45. The van der Waals surface area contributed by atoms with Crippen LogP contribution in [0.2, 0.25) is 0 Å². The summed E-state index contributed by atoms with van der Waals surface area (Å²) in [5, 5.41) is 3.47. The van der Waals surface area contributed by atoms with Crippen molar-refractivity contribution >= 4 is 21.6 Å². The van der Waals surface area contributed by atoms with Gasteiger partial charge in [0, 0.05) is 29.1 Å². The summed E-state index contributed by atoms with van der Waals surface area (Å²) in [6.45, 7) is 8.06. The zero-order valence-corrected chi connectivity index (χ0v) is 12.0. The van der Waals surface area contributed by atoms with Crippen molar-refractivity contribution in [2.75, 3.05) is 18.0 Å². The van der Waals surface area contributed by atoms with Crippen LogP contribution < -0.4 is 10.2 Å². The fourth-order valence-electron chi connectivity index (χ4n) is 2.23. The van der Waals surface area contributed by atoms with Gasteiger partial charge in [0.1, 0.15) is 5.82 Å². The topological polar surface area (TPSA) is 15.3 Å². The quantitative estimate of drug-likeness (QED) is 0.857. The van der Waals surface area contributed by atoms with E-state index in [9.17, 15) is 4.39 Å². The van der Waals surface area contributed by atoms with Crippen molar-refractivity contribution in [3.8, 4) is 0 Å². The largest absolute Gasteiger partial charge is 0.362 e. The highest BCUT2D eigenvalue weighted by molar-refractivity contribution is 9.10. The summed E-state index contributed by atoms with van der Waals surface area (Å²) < 4.78 is 14.8. The molecule has 94 valence electrons. The van der Waals surface area contributed by atoms with Crippen molar-refractivity contribution in [3.63, 3.8) is 0 Å². The van der Waals surface area contributed by atoms with Crippen molar-refractivity contribution in [3.05, 3.63) is 28.5 Å². The molecule has 0 amide bonds. The van der Waals surface area contributed by atoms with E-state index >= 15 is 0 Å². The number of piperazine rings is 1. The molecule has 1 saturated heterocycles. The third-order valence-corrected chi connectivity index (χ3v) is 3.84. The van der Waals surface area contributed by atoms with E-state index in [-0.39, 0.29) is 17.4 Å². The molecule has 0 bridgehead atoms. The Labute approximate surface area is 110 Å². The Hall–Kier alpha value is -0.610. The molecule has 2 nitrogen and oxygen atoms in total. The lowest BCUT2D eigenvalue weighted by atomic mass is 9.98. The first-order valence-corrected chi connectivity index (χ1v) is 6.66. The van der Waals surface area contributed by atoms with E-state index < -0.39 is 0 Å². The van der Waals surface area contributed by atoms with Gasteiger partial charge < -0.3 is 10.2 Å². The van der Waals surface area contributed by atoms with Crippen molar-refractivity contribution in [1.29, 1.82) is 0 Å². The Morgan fingerprint density at radius 1 is 1.47 bits per heavy atom. The van der Waals surface area contributed by atoms with Crippen LogP contribution in [0.1, 0.15) is 20.8 Å². The van der Waals surface area contributed by atoms with Gasteiger partial charge in [0.05, 0.1) is 5.69 Å². The Morgan fingerprint density at radius 2 is 2.18 bits per heavy atom. The summed E-state index contributed by atoms with van der Waals surface area (Å²) in [5.41, 5.74) is 0.684. The van der Waals surface area contributed by atoms with Crippen LogP contribution in [-0.2, 0) is 0 Å². The number of para-hydroxylation sites is 1. The lowest BCUT2D eigenvalue weighted by Gasteiger charge is -2.45. The maximum Gasteiger partial charge on any atom is 0.147 e. The van der Waals surface area contributed by atoms with Crippen LogP contribution in [0.15, 0.2) is 22.7 Å². The summed E-state index contributed by atoms with van der Waals surface area (Å²) in [4.78, 5) is 2.13. The van der Waals surface area contributed by atoms with Gasteiger partial charge in [-0.1, -0.05) is 6.07 Å². The number of hydrogen-bond acceptors (Lipinski definition) is 2. The molecule has 17 heavy (non-hydrogen) atoms. The highest BCUT2D eigenvalue weighted by Crippen LogP contribution is 2.32. The summed E-state index contributed by atoms with van der Waals surface area (Å²) in [6, 6.07) is 5.42. The van der Waals surface area contributed by atoms with Gasteiger partial charge in [0.2, 0.25) is 0 Å². The molecule has 0 aromatic heterocycles. The summed E-state index contributed by atoms with van der Waals surface area (Å²) in [5.74, 6) is -0.163. The molecule has 0 aliphatic carbocycles. The van der Waals surface area contributed by atoms with Crippen molar-refractivity contribution in [2.24, 2.45) is 0 Å². The monoisotopic (exact) mass is 300 g/mol. The average Bonchev–Trinajstić information content (AvgIpc) is 2.23. The summed E-state index contributed by atoms with van der Waals surface area (Å²) in [7, 11) is 0. The van der Waals surface area contributed by atoms with Crippen LogP contribution in [-0.4, -0.2) is 24.7 Å². The number of benzene rings is 1. The lowest BCUT2D eigenvalue weighted by molar-refractivity contribution is 0.316. The van der Waals surface area contributed by atoms with Crippen molar-refractivity contribution in [1.82, 2.24) is 5.32 Å². The van der Waals surface area contributed by atoms with Crippen LogP contribution in [0.5, 0.6) is 0 Å². The van der Waals surface area contributed by atoms with Gasteiger partial charge in [0.15, 0.2) is 0 Å². The van der Waals surface area contributed by atoms with Gasteiger partial charge >= 0.3 is 0 Å². The first-order valence-electron chi connectivity index (χ1n) is 5.86. The Kier molecular flexibility index (Phi) is 3.46. The van der Waals surface area contributed by atoms with Gasteiger partial charge in [0.25, 0.3) is 0 Å². The number of anilines is 1. The second-order valence-electron chi connectivity index (χ2n) is 5.31. The van der Waals surface area contributed by atoms with E-state index in [0.29, 0.717) is 5.69 Å². The van der Waals surface area contributed by atoms with Gasteiger partial charge in [-0.3, -0.25) is 0 Å². The standard InChI is InChI=1S/C13H18BrFN2/c1-9-7-16-13(2,3)8-17(9)12-10(14)5-4-6-11(12)15/h4-6,9,16H,7-8H2,1-3H3. The molecule has 1 aromatic rings. The van der Waals surface area contributed by atoms with E-state index in [0.717, 1.165) is 17.6 Å². The molecule has 1 fully saturated rings. The normalized spacial score (nSPS) is 23.8. The molecule has 2 rings (SSSR count). The first kappa shape index (κ1) is 12.8. The van der Waals surface area contributed by atoms with E-state index in [4.69, 9.17) is 0 Å². The second kappa shape index (κ2) is 4.58. The molecule has 1 atom stereocenters. The fraction of sp³-hybridized carbons (Fsp3) is 0.538. The number of nitrogens with one attached hydrogen (secondary N) is 1. The van der Waals surface area contributed by atoms with Gasteiger partial charge in [-0.15, -0.1) is 0 Å². The molecular formula is C13H18BrFN2. The Morgan fingerprint density at radius 3 is 2.82 bits per heavy atom. The molecule has 1 aromatic carbocycles. The van der Waals surface area contributed by atoms with Gasteiger partial charge in [-0.2, -0.15) is 0 Å². The van der Waals surface area contributed by atoms with Gasteiger partial charge in [-0.25, -0.2) is 4.39 Å². The highest BCUT2D eigenvalue weighted by Gasteiger charge is 2.32. The predicted molar refractivity (Wildman–Crippen MR) is 73.0 cm³/mol. The predicted octanol–water partition coefficient (Wildman–Crippen LogP) is 3.16. The van der Waals surface area contributed by atoms with Gasteiger partial charge in [-0.05, 0) is 48.8 Å². The van der Waals surface area contributed by atoms with Crippen LogP contribution >= 0.6 is 15.9 Å². The fourth-order valence-corrected chi connectivity index (χ4v) is 2.80. The van der Waals surface area contributed by atoms with E-state index in [1.165, 1.54) is 6.07 Å². The SMILES string of the molecule is CC1CNC(C)(C)CN1c1c(F)cccc1Br. The van der Waals surface area contributed by atoms with E-state index in [2.05, 4.69) is 46.9 Å². The molecule has 0 radical (unpaired) electrons. The van der Waals surface area contributed by atoms with E-state index in [1.54, 1.807) is 6.07 Å². The second-order valence-corrected chi connectivity index (χ2v) is 6.17. The molecule has 0 saturated carbocycles. The van der Waals surface area contributed by atoms with Crippen LogP contribution in [0.4, 0.5) is 10.1 Å². The van der Waals surface area contributed by atoms with Crippen molar-refractivity contribution in [2.45, 2.75) is 32.4 Å². The molecule has 1 aliphatic heterocycles. The molecule has 1 aliphatic rings. The maximum absolute atomic E-state index is 14.0. The number of rotatable bonds is 1. The zero-order chi connectivity index (χ0) is 12.6. The number of nitrogens with zero attached hydrogens (tertiary/aromatic N) is 1. The molecule has 1 N–H and O–H groups in total. The molecule has 1 heterocycles. The molecule has 1 unspecified atom stereocenters. The first-order chi connectivity index (χ1) is 7.91. The van der Waals surface area contributed by atoms with E-state index in [1.807, 2.05) is 6.07 Å². The third-order valence-electron chi connectivity index (χ3n) is 3.20. The minimum Gasteiger partial charge on any atom is -0.362 e. The van der Waals surface area contributed by atoms with Crippen LogP contribution in [0.25, 0.3) is 0 Å². The average molecular weight is 301 g/mol. The molecule has 4 heteroatoms. The zero-order valence-electron chi connectivity index (χ0n) is 10.4. The highest BCUT2D eigenvalue weighted by atomic mass is 79.9. The third kappa shape index (κ3) is 2.63. The summed E-state index contributed by atoms with van der Waals surface area (Å²) in [6.07, 6.45) is 0. The maximum atomic E-state index is 14.0. The number of halogens is 2. The lowest BCUT2D eigenvalue weighted by Crippen LogP contribution is -2.61. The smallest absolute Gasteiger partial charge is 0.147 e. The Bertz CT molecular complexity index is 400. The molecule has 0 spiro atoms. The minimum absolute atomic E-state index is 0.00817. The Balaban J connectivity index is 2.37. The molecular weight excluding hydrogens is 283 g/mol. The minimum atomic E-state index is -0.163.